The standard InChI is InChI=1S/C21H20NOP.2ClH.Ti/c1-22-15-18-9-5-6-10-20(18)24-21-14-17(11-12-19(21)23)13-16-7-3-2-4-8-16;;;/h2-12,14-15,23-24H,13H2,1H3;2*1H;/q;;;+2/p-2. The summed E-state index contributed by atoms with van der Waals surface area (Å²) in [6.07, 6.45) is 2.74. The summed E-state index contributed by atoms with van der Waals surface area (Å²) >= 11 is -0.556. The van der Waals surface area contributed by atoms with Crippen LogP contribution in [-0.2, 0) is 23.5 Å². The third kappa shape index (κ3) is 7.41. The zero-order chi connectivity index (χ0) is 19.5. The van der Waals surface area contributed by atoms with Gasteiger partial charge in [0, 0.05) is 18.6 Å². The molecule has 1 unspecified atom stereocenters. The van der Waals surface area contributed by atoms with Crippen molar-refractivity contribution in [3.05, 3.63) is 89.5 Å². The van der Waals surface area contributed by atoms with E-state index in [1.807, 2.05) is 30.5 Å². The molecule has 1 atom stereocenters. The van der Waals surface area contributed by atoms with Crippen molar-refractivity contribution in [3.8, 4) is 5.75 Å². The zero-order valence-electron chi connectivity index (χ0n) is 14.9. The third-order valence-electron chi connectivity index (χ3n) is 3.81. The molecule has 0 saturated heterocycles. The summed E-state index contributed by atoms with van der Waals surface area (Å²) in [6.45, 7) is 0. The molecule has 0 saturated carbocycles. The van der Waals surface area contributed by atoms with Gasteiger partial charge in [0.05, 0.1) is 0 Å². The summed E-state index contributed by atoms with van der Waals surface area (Å²) in [5.74, 6) is 0.355. The zero-order valence-corrected chi connectivity index (χ0v) is 18.9. The molecule has 2 nitrogen and oxygen atoms in total. The first-order chi connectivity index (χ1) is 13.2. The number of halogens is 2. The van der Waals surface area contributed by atoms with Gasteiger partial charge in [-0.3, -0.25) is 4.99 Å². The number of hydrogen-bond acceptors (Lipinski definition) is 2. The molecule has 3 rings (SSSR count). The second kappa shape index (κ2) is 12.3. The van der Waals surface area contributed by atoms with Crippen LogP contribution in [0, 0.1) is 0 Å². The Hall–Kier alpha value is -1.15. The minimum absolute atomic E-state index is 0.355. The monoisotopic (exact) mass is 451 g/mol. The molecule has 27 heavy (non-hydrogen) atoms. The maximum absolute atomic E-state index is 10.3. The second-order valence-electron chi connectivity index (χ2n) is 5.68. The summed E-state index contributed by atoms with van der Waals surface area (Å²) in [5, 5.41) is 12.4. The Morgan fingerprint density at radius 1 is 0.926 bits per heavy atom. The Balaban J connectivity index is 0.000000817. The van der Waals surface area contributed by atoms with E-state index in [-0.39, 0.29) is 0 Å². The summed E-state index contributed by atoms with van der Waals surface area (Å²) < 4.78 is 0. The van der Waals surface area contributed by atoms with E-state index in [1.54, 1.807) is 13.1 Å². The van der Waals surface area contributed by atoms with Crippen molar-refractivity contribution in [2.24, 2.45) is 4.99 Å². The minimum atomic E-state index is -0.556. The van der Waals surface area contributed by atoms with Gasteiger partial charge in [-0.2, -0.15) is 0 Å². The number of aliphatic imine (C=N–C) groups is 1. The second-order valence-corrected chi connectivity index (χ2v) is 9.59. The summed E-state index contributed by atoms with van der Waals surface area (Å²) in [7, 11) is 12.0. The number of phenols is 1. The van der Waals surface area contributed by atoms with Crippen LogP contribution in [0.1, 0.15) is 16.7 Å². The van der Waals surface area contributed by atoms with E-state index >= 15 is 0 Å². The molecule has 0 aliphatic rings. The molecule has 1 N–H and O–H groups in total. The predicted octanol–water partition coefficient (Wildman–Crippen LogP) is 5.04. The van der Waals surface area contributed by atoms with Gasteiger partial charge in [-0.05, 0) is 40.5 Å². The topological polar surface area (TPSA) is 32.6 Å². The van der Waals surface area contributed by atoms with E-state index in [9.17, 15) is 5.11 Å². The van der Waals surface area contributed by atoms with E-state index in [0.29, 0.717) is 14.3 Å². The van der Waals surface area contributed by atoms with E-state index in [2.05, 4.69) is 47.5 Å². The molecule has 0 bridgehead atoms. The molecule has 138 valence electrons. The predicted molar refractivity (Wildman–Crippen MR) is 117 cm³/mol. The normalized spacial score (nSPS) is 10.8. The molecule has 3 aromatic carbocycles. The molecule has 0 spiro atoms. The summed E-state index contributed by atoms with van der Waals surface area (Å²) in [6, 6.07) is 24.5. The van der Waals surface area contributed by atoms with Crippen LogP contribution in [0.5, 0.6) is 5.75 Å². The van der Waals surface area contributed by atoms with Crippen molar-refractivity contribution in [1.82, 2.24) is 0 Å². The van der Waals surface area contributed by atoms with Gasteiger partial charge in [0.15, 0.2) is 0 Å². The van der Waals surface area contributed by atoms with Gasteiger partial charge < -0.3 is 5.11 Å². The Morgan fingerprint density at radius 2 is 1.59 bits per heavy atom. The van der Waals surface area contributed by atoms with Crippen molar-refractivity contribution in [3.63, 3.8) is 0 Å². The summed E-state index contributed by atoms with van der Waals surface area (Å²) in [5.41, 5.74) is 3.59. The first kappa shape index (κ1) is 22.1. The number of benzene rings is 3. The molecule has 0 heterocycles. The van der Waals surface area contributed by atoms with Crippen LogP contribution >= 0.6 is 27.2 Å². The molecule has 3 aromatic rings. The van der Waals surface area contributed by atoms with Crippen LogP contribution in [0.15, 0.2) is 77.8 Å². The molecule has 0 aliphatic heterocycles. The van der Waals surface area contributed by atoms with Crippen LogP contribution in [0.4, 0.5) is 0 Å². The van der Waals surface area contributed by atoms with Gasteiger partial charge in [-0.25, -0.2) is 0 Å². The fraction of sp³-hybridized carbons (Fsp3) is 0.0952. The maximum atomic E-state index is 10.3. The summed E-state index contributed by atoms with van der Waals surface area (Å²) in [4.78, 5) is 4.12. The van der Waals surface area contributed by atoms with Crippen LogP contribution in [0.3, 0.4) is 0 Å². The van der Waals surface area contributed by atoms with Crippen LogP contribution in [0.2, 0.25) is 0 Å². The quantitative estimate of drug-likeness (QED) is 0.329. The number of phenolic OH excluding ortho intramolecular Hbond substituents is 1. The molecule has 0 fully saturated rings. The SMILES string of the molecule is CN=Cc1ccccc1Pc1cc(Cc2ccccc2)ccc1O.[Cl][Ti][Cl]. The fourth-order valence-electron chi connectivity index (χ4n) is 2.63. The van der Waals surface area contributed by atoms with Gasteiger partial charge in [0.2, 0.25) is 0 Å². The molecule has 0 amide bonds. The molecular formula is C21H20Cl2NOPTi. The van der Waals surface area contributed by atoms with Crippen molar-refractivity contribution in [2.45, 2.75) is 6.42 Å². The Labute approximate surface area is 179 Å². The third-order valence-corrected chi connectivity index (χ3v) is 5.20. The molecule has 6 heteroatoms. The molecule has 0 radical (unpaired) electrons. The first-order valence-corrected chi connectivity index (χ1v) is 13.6. The molecule has 0 aromatic heterocycles. The van der Waals surface area contributed by atoms with Crippen LogP contribution in [0.25, 0.3) is 0 Å². The van der Waals surface area contributed by atoms with Crippen molar-refractivity contribution < 1.29 is 22.1 Å². The van der Waals surface area contributed by atoms with E-state index in [1.165, 1.54) is 16.4 Å². The Kier molecular flexibility index (Phi) is 10.1. The number of rotatable bonds is 5. The first-order valence-electron chi connectivity index (χ1n) is 8.28. The fourth-order valence-corrected chi connectivity index (χ4v) is 3.86. The van der Waals surface area contributed by atoms with E-state index < -0.39 is 17.0 Å². The number of aromatic hydroxyl groups is 1. The number of hydrogen-bond donors (Lipinski definition) is 1. The van der Waals surface area contributed by atoms with E-state index in [4.69, 9.17) is 18.6 Å². The van der Waals surface area contributed by atoms with Crippen molar-refractivity contribution in [2.75, 3.05) is 7.05 Å². The molecule has 0 aliphatic carbocycles. The average molecular weight is 452 g/mol. The van der Waals surface area contributed by atoms with Crippen LogP contribution < -0.4 is 10.6 Å². The molecular weight excluding hydrogens is 432 g/mol. The van der Waals surface area contributed by atoms with Crippen molar-refractivity contribution >= 4 is 44.0 Å². The average Bonchev–Trinajstić information content (AvgIpc) is 2.68. The van der Waals surface area contributed by atoms with Crippen molar-refractivity contribution in [1.29, 1.82) is 0 Å². The van der Waals surface area contributed by atoms with Gasteiger partial charge >= 0.3 is 35.6 Å². The Bertz CT molecular complexity index is 875. The Morgan fingerprint density at radius 3 is 2.30 bits per heavy atom. The van der Waals surface area contributed by atoms with Crippen LogP contribution in [-0.4, -0.2) is 18.4 Å². The number of nitrogens with zero attached hydrogens (tertiary/aromatic N) is 1. The van der Waals surface area contributed by atoms with Gasteiger partial charge in [-0.15, -0.1) is 0 Å². The van der Waals surface area contributed by atoms with Gasteiger partial charge in [-0.1, -0.05) is 69.2 Å². The van der Waals surface area contributed by atoms with E-state index in [0.717, 1.165) is 17.3 Å². The van der Waals surface area contributed by atoms with Gasteiger partial charge in [0.1, 0.15) is 5.75 Å². The van der Waals surface area contributed by atoms with Gasteiger partial charge in [0.25, 0.3) is 0 Å².